The zero-order valence-corrected chi connectivity index (χ0v) is 12.1. The topological polar surface area (TPSA) is 29.3 Å². The average molecular weight is 246 g/mol. The lowest BCUT2D eigenvalue weighted by atomic mass is 9.69. The standard InChI is InChI=1S/C16H26N2/c1-12(2)11-16(17)14-8-6-5-7-13(14)9-10-15(16)18(3)4/h5-8,12,15H,9-11,17H2,1-4H3. The van der Waals surface area contributed by atoms with E-state index in [0.29, 0.717) is 12.0 Å². The molecule has 0 saturated carbocycles. The number of likely N-dealkylation sites (N-methyl/N-ethyl adjacent to an activating group) is 1. The maximum atomic E-state index is 6.88. The summed E-state index contributed by atoms with van der Waals surface area (Å²) in [6.45, 7) is 4.52. The third-order valence-corrected chi connectivity index (χ3v) is 4.17. The van der Waals surface area contributed by atoms with Gasteiger partial charge in [-0.25, -0.2) is 0 Å². The molecule has 100 valence electrons. The van der Waals surface area contributed by atoms with Gasteiger partial charge in [0.25, 0.3) is 0 Å². The van der Waals surface area contributed by atoms with Crippen LogP contribution in [0.25, 0.3) is 0 Å². The molecule has 2 heteroatoms. The molecule has 2 nitrogen and oxygen atoms in total. The van der Waals surface area contributed by atoms with Gasteiger partial charge in [-0.3, -0.25) is 0 Å². The summed E-state index contributed by atoms with van der Waals surface area (Å²) in [7, 11) is 4.31. The highest BCUT2D eigenvalue weighted by Crippen LogP contribution is 2.39. The Labute approximate surface area is 111 Å². The summed E-state index contributed by atoms with van der Waals surface area (Å²) in [5.41, 5.74) is 9.48. The van der Waals surface area contributed by atoms with E-state index in [1.54, 1.807) is 0 Å². The van der Waals surface area contributed by atoms with Gasteiger partial charge < -0.3 is 10.6 Å². The fraction of sp³-hybridized carbons (Fsp3) is 0.625. The quantitative estimate of drug-likeness (QED) is 0.888. The zero-order valence-electron chi connectivity index (χ0n) is 12.1. The molecule has 18 heavy (non-hydrogen) atoms. The first-order valence-corrected chi connectivity index (χ1v) is 6.99. The SMILES string of the molecule is CC(C)CC1(N)c2ccccc2CCC1N(C)C. The van der Waals surface area contributed by atoms with Gasteiger partial charge in [-0.05, 0) is 50.4 Å². The van der Waals surface area contributed by atoms with Crippen LogP contribution in [0.5, 0.6) is 0 Å². The molecule has 2 N–H and O–H groups in total. The highest BCUT2D eigenvalue weighted by molar-refractivity contribution is 5.38. The number of rotatable bonds is 3. The van der Waals surface area contributed by atoms with E-state index in [2.05, 4.69) is 57.1 Å². The summed E-state index contributed by atoms with van der Waals surface area (Å²) in [4.78, 5) is 2.30. The van der Waals surface area contributed by atoms with Crippen molar-refractivity contribution in [1.82, 2.24) is 4.90 Å². The number of aryl methyl sites for hydroxylation is 1. The molecule has 2 atom stereocenters. The fourth-order valence-electron chi connectivity index (χ4n) is 3.56. The number of hydrogen-bond acceptors (Lipinski definition) is 2. The lowest BCUT2D eigenvalue weighted by molar-refractivity contribution is 0.132. The van der Waals surface area contributed by atoms with Gasteiger partial charge in [0.15, 0.2) is 0 Å². The van der Waals surface area contributed by atoms with Crippen molar-refractivity contribution in [3.8, 4) is 0 Å². The Balaban J connectivity index is 2.46. The van der Waals surface area contributed by atoms with Gasteiger partial charge in [-0.2, -0.15) is 0 Å². The third-order valence-electron chi connectivity index (χ3n) is 4.17. The van der Waals surface area contributed by atoms with Crippen molar-refractivity contribution in [2.45, 2.75) is 44.7 Å². The summed E-state index contributed by atoms with van der Waals surface area (Å²) < 4.78 is 0. The monoisotopic (exact) mass is 246 g/mol. The first kappa shape index (κ1) is 13.6. The Hall–Kier alpha value is -0.860. The molecule has 0 bridgehead atoms. The summed E-state index contributed by atoms with van der Waals surface area (Å²) in [6, 6.07) is 9.16. The molecule has 1 aliphatic carbocycles. The van der Waals surface area contributed by atoms with Gasteiger partial charge in [0.2, 0.25) is 0 Å². The molecule has 2 unspecified atom stereocenters. The Kier molecular flexibility index (Phi) is 3.79. The largest absolute Gasteiger partial charge is 0.320 e. The minimum atomic E-state index is -0.202. The Morgan fingerprint density at radius 2 is 2.00 bits per heavy atom. The molecular weight excluding hydrogens is 220 g/mol. The van der Waals surface area contributed by atoms with Gasteiger partial charge in [0, 0.05) is 6.04 Å². The van der Waals surface area contributed by atoms with E-state index >= 15 is 0 Å². The van der Waals surface area contributed by atoms with Gasteiger partial charge >= 0.3 is 0 Å². The van der Waals surface area contributed by atoms with Crippen LogP contribution in [0.2, 0.25) is 0 Å². The van der Waals surface area contributed by atoms with Crippen LogP contribution in [0.15, 0.2) is 24.3 Å². The maximum Gasteiger partial charge on any atom is 0.0572 e. The van der Waals surface area contributed by atoms with Gasteiger partial charge in [-0.15, -0.1) is 0 Å². The van der Waals surface area contributed by atoms with E-state index in [1.165, 1.54) is 11.1 Å². The average Bonchev–Trinajstić information content (AvgIpc) is 2.28. The second-order valence-corrected chi connectivity index (χ2v) is 6.31. The van der Waals surface area contributed by atoms with Crippen molar-refractivity contribution >= 4 is 0 Å². The predicted molar refractivity (Wildman–Crippen MR) is 77.6 cm³/mol. The molecular formula is C16H26N2. The van der Waals surface area contributed by atoms with Crippen LogP contribution in [-0.4, -0.2) is 25.0 Å². The fourth-order valence-corrected chi connectivity index (χ4v) is 3.56. The number of fused-ring (bicyclic) bond motifs is 1. The van der Waals surface area contributed by atoms with Crippen LogP contribution in [0.4, 0.5) is 0 Å². The molecule has 2 rings (SSSR count). The number of nitrogens with zero attached hydrogens (tertiary/aromatic N) is 1. The van der Waals surface area contributed by atoms with Crippen LogP contribution < -0.4 is 5.73 Å². The van der Waals surface area contributed by atoms with Gasteiger partial charge in [0.1, 0.15) is 0 Å². The number of benzene rings is 1. The van der Waals surface area contributed by atoms with Gasteiger partial charge in [-0.1, -0.05) is 38.1 Å². The first-order chi connectivity index (χ1) is 8.45. The second kappa shape index (κ2) is 5.02. The molecule has 0 amide bonds. The number of nitrogens with two attached hydrogens (primary N) is 1. The summed E-state index contributed by atoms with van der Waals surface area (Å²) >= 11 is 0. The Morgan fingerprint density at radius 3 is 2.61 bits per heavy atom. The van der Waals surface area contributed by atoms with Crippen LogP contribution in [0.3, 0.4) is 0 Å². The smallest absolute Gasteiger partial charge is 0.0572 e. The Morgan fingerprint density at radius 1 is 1.33 bits per heavy atom. The van der Waals surface area contributed by atoms with Crippen LogP contribution in [0, 0.1) is 5.92 Å². The summed E-state index contributed by atoms with van der Waals surface area (Å²) in [6.07, 6.45) is 3.36. The molecule has 1 aromatic rings. The van der Waals surface area contributed by atoms with E-state index < -0.39 is 0 Å². The van der Waals surface area contributed by atoms with E-state index in [1.807, 2.05) is 0 Å². The molecule has 0 saturated heterocycles. The van der Waals surface area contributed by atoms with Crippen molar-refractivity contribution < 1.29 is 0 Å². The molecule has 0 aliphatic heterocycles. The summed E-state index contributed by atoms with van der Waals surface area (Å²) in [5, 5.41) is 0. The van der Waals surface area contributed by atoms with Crippen LogP contribution in [-0.2, 0) is 12.0 Å². The molecule has 1 aromatic carbocycles. The lowest BCUT2D eigenvalue weighted by Crippen LogP contribution is -2.57. The van der Waals surface area contributed by atoms with Crippen LogP contribution in [0.1, 0.15) is 37.8 Å². The second-order valence-electron chi connectivity index (χ2n) is 6.31. The lowest BCUT2D eigenvalue weighted by Gasteiger charge is -2.47. The van der Waals surface area contributed by atoms with Gasteiger partial charge in [0.05, 0.1) is 5.54 Å². The van der Waals surface area contributed by atoms with E-state index in [9.17, 15) is 0 Å². The van der Waals surface area contributed by atoms with E-state index in [-0.39, 0.29) is 5.54 Å². The Bertz CT molecular complexity index is 411. The van der Waals surface area contributed by atoms with Crippen molar-refractivity contribution in [3.05, 3.63) is 35.4 Å². The van der Waals surface area contributed by atoms with Crippen molar-refractivity contribution in [2.24, 2.45) is 11.7 Å². The predicted octanol–water partition coefficient (Wildman–Crippen LogP) is 2.76. The summed E-state index contributed by atoms with van der Waals surface area (Å²) in [5.74, 6) is 0.614. The zero-order chi connectivity index (χ0) is 13.3. The minimum Gasteiger partial charge on any atom is -0.320 e. The van der Waals surface area contributed by atoms with Crippen molar-refractivity contribution in [3.63, 3.8) is 0 Å². The molecule has 0 radical (unpaired) electrons. The highest BCUT2D eigenvalue weighted by atomic mass is 15.1. The van der Waals surface area contributed by atoms with Crippen molar-refractivity contribution in [2.75, 3.05) is 14.1 Å². The molecule has 0 aromatic heterocycles. The molecule has 0 fully saturated rings. The molecule has 0 heterocycles. The normalized spacial score (nSPS) is 27.6. The van der Waals surface area contributed by atoms with Crippen LogP contribution >= 0.6 is 0 Å². The minimum absolute atomic E-state index is 0.202. The maximum absolute atomic E-state index is 6.88. The highest BCUT2D eigenvalue weighted by Gasteiger charge is 2.42. The molecule has 0 spiro atoms. The van der Waals surface area contributed by atoms with E-state index in [4.69, 9.17) is 5.73 Å². The first-order valence-electron chi connectivity index (χ1n) is 6.99. The molecule has 1 aliphatic rings. The van der Waals surface area contributed by atoms with E-state index in [0.717, 1.165) is 19.3 Å². The van der Waals surface area contributed by atoms with Crippen molar-refractivity contribution in [1.29, 1.82) is 0 Å². The number of hydrogen-bond donors (Lipinski definition) is 1. The third kappa shape index (κ3) is 2.32.